The summed E-state index contributed by atoms with van der Waals surface area (Å²) in [6.45, 7) is 6.56. The number of unbranched alkanes of at least 4 members (excludes halogenated alkanes) is 38. The van der Waals surface area contributed by atoms with Crippen LogP contribution in [-0.2, 0) is 28.6 Å². The van der Waals surface area contributed by atoms with Crippen LogP contribution in [0.1, 0.15) is 335 Å². The third-order valence-electron chi connectivity index (χ3n) is 14.3. The van der Waals surface area contributed by atoms with Gasteiger partial charge in [0.05, 0.1) is 0 Å². The largest absolute Gasteiger partial charge is 0.462 e. The molecule has 1 unspecified atom stereocenters. The fourth-order valence-electron chi connectivity index (χ4n) is 9.43. The highest BCUT2D eigenvalue weighted by atomic mass is 16.6. The van der Waals surface area contributed by atoms with Crippen LogP contribution in [0.4, 0.5) is 0 Å². The quantitative estimate of drug-likeness (QED) is 0.0261. The topological polar surface area (TPSA) is 78.9 Å². The molecule has 1 atom stereocenters. The normalized spacial score (nSPS) is 12.4. The van der Waals surface area contributed by atoms with Gasteiger partial charge in [-0.15, -0.1) is 0 Å². The SMILES string of the molecule is CC/C=C\C/C=C\C/C=C\CCCCCCCCCC(=O)OC(COC(=O)CCCCCCCCCCCCCCCC)COC(=O)CCCCCCCCCCCCCCC/C=C\C/C=C\CCCCCCC. The van der Waals surface area contributed by atoms with Crippen LogP contribution >= 0.6 is 0 Å². The average Bonchev–Trinajstić information content (AvgIpc) is 3.40. The number of carbonyl (C=O) groups is 3. The van der Waals surface area contributed by atoms with E-state index in [1.807, 2.05) is 0 Å². The maximum Gasteiger partial charge on any atom is 0.306 e. The summed E-state index contributed by atoms with van der Waals surface area (Å²) in [7, 11) is 0. The number of esters is 3. The van der Waals surface area contributed by atoms with E-state index in [2.05, 4.69) is 81.5 Å². The third kappa shape index (κ3) is 60.0. The maximum absolute atomic E-state index is 12.9. The first kappa shape index (κ1) is 71.1. The molecule has 0 aliphatic rings. The van der Waals surface area contributed by atoms with E-state index >= 15 is 0 Å². The van der Waals surface area contributed by atoms with Crippen molar-refractivity contribution >= 4 is 17.9 Å². The highest BCUT2D eigenvalue weighted by Gasteiger charge is 2.19. The van der Waals surface area contributed by atoms with Crippen LogP contribution in [0.2, 0.25) is 0 Å². The molecule has 0 rings (SSSR count). The van der Waals surface area contributed by atoms with Gasteiger partial charge in [-0.25, -0.2) is 0 Å². The molecule has 0 aliphatic carbocycles. The van der Waals surface area contributed by atoms with Crippen molar-refractivity contribution in [2.45, 2.75) is 341 Å². The van der Waals surface area contributed by atoms with E-state index in [-0.39, 0.29) is 31.1 Å². The number of allylic oxidation sites excluding steroid dienone is 10. The van der Waals surface area contributed by atoms with Crippen LogP contribution < -0.4 is 0 Å². The van der Waals surface area contributed by atoms with Gasteiger partial charge < -0.3 is 14.2 Å². The zero-order valence-corrected chi connectivity index (χ0v) is 49.4. The molecule has 0 radical (unpaired) electrons. The van der Waals surface area contributed by atoms with Gasteiger partial charge in [-0.3, -0.25) is 14.4 Å². The predicted molar refractivity (Wildman–Crippen MR) is 321 cm³/mol. The lowest BCUT2D eigenvalue weighted by Gasteiger charge is -2.18. The Bertz CT molecular complexity index is 1330. The molecule has 0 saturated heterocycles. The van der Waals surface area contributed by atoms with Crippen LogP contribution in [0.25, 0.3) is 0 Å². The second kappa shape index (κ2) is 62.6. The Morgan fingerprint density at radius 1 is 0.284 bits per heavy atom. The molecule has 0 N–H and O–H groups in total. The third-order valence-corrected chi connectivity index (χ3v) is 14.3. The molecule has 430 valence electrons. The van der Waals surface area contributed by atoms with Crippen LogP contribution in [0.15, 0.2) is 60.8 Å². The Balaban J connectivity index is 4.28. The molecular formula is C68H122O6. The molecule has 0 aromatic carbocycles. The van der Waals surface area contributed by atoms with Crippen molar-refractivity contribution in [2.75, 3.05) is 13.2 Å². The van der Waals surface area contributed by atoms with Gasteiger partial charge in [0.2, 0.25) is 0 Å². The Kier molecular flexibility index (Phi) is 60.2. The summed E-state index contributed by atoms with van der Waals surface area (Å²) >= 11 is 0. The van der Waals surface area contributed by atoms with Gasteiger partial charge in [0.25, 0.3) is 0 Å². The summed E-state index contributed by atoms with van der Waals surface area (Å²) in [6.07, 6.45) is 79.4. The van der Waals surface area contributed by atoms with Crippen molar-refractivity contribution < 1.29 is 28.6 Å². The monoisotopic (exact) mass is 1030 g/mol. The van der Waals surface area contributed by atoms with Crippen LogP contribution in [0, 0.1) is 0 Å². The standard InChI is InChI=1S/C68H122O6/c1-4-7-10-13-16-19-22-25-28-30-31-32-33-34-35-36-37-39-40-43-46-49-52-55-58-61-67(70)73-64-65(63-72-66(69)60-57-54-51-48-45-42-27-24-21-18-15-12-9-6-3)74-68(71)62-59-56-53-50-47-44-41-38-29-26-23-20-17-14-11-8-5-2/h8,11,17,20,22,25-26,29-31,65H,4-7,9-10,12-16,18-19,21,23-24,27-28,32-64H2,1-3H3/b11-8-,20-17-,25-22-,29-26-,31-30-. The zero-order chi connectivity index (χ0) is 53.6. The minimum Gasteiger partial charge on any atom is -0.462 e. The molecule has 6 nitrogen and oxygen atoms in total. The molecule has 0 spiro atoms. The number of hydrogen-bond acceptors (Lipinski definition) is 6. The van der Waals surface area contributed by atoms with Gasteiger partial charge in [-0.2, -0.15) is 0 Å². The summed E-state index contributed by atoms with van der Waals surface area (Å²) in [6, 6.07) is 0. The average molecular weight is 1040 g/mol. The highest BCUT2D eigenvalue weighted by Crippen LogP contribution is 2.17. The zero-order valence-electron chi connectivity index (χ0n) is 49.4. The van der Waals surface area contributed by atoms with Gasteiger partial charge in [-0.05, 0) is 83.5 Å². The van der Waals surface area contributed by atoms with Crippen molar-refractivity contribution in [3.63, 3.8) is 0 Å². The van der Waals surface area contributed by atoms with Gasteiger partial charge in [-0.1, -0.05) is 293 Å². The summed E-state index contributed by atoms with van der Waals surface area (Å²) in [5.74, 6) is -0.867. The second-order valence-electron chi connectivity index (χ2n) is 21.6. The lowest BCUT2D eigenvalue weighted by atomic mass is 10.0. The van der Waals surface area contributed by atoms with Gasteiger partial charge in [0.1, 0.15) is 13.2 Å². The first-order valence-electron chi connectivity index (χ1n) is 32.3. The molecule has 6 heteroatoms. The predicted octanol–water partition coefficient (Wildman–Crippen LogP) is 21.9. The Morgan fingerprint density at radius 3 is 0.824 bits per heavy atom. The number of ether oxygens (including phenoxy) is 3. The minimum atomic E-state index is -0.778. The molecule has 0 bridgehead atoms. The van der Waals surface area contributed by atoms with Gasteiger partial charge in [0, 0.05) is 19.3 Å². The smallest absolute Gasteiger partial charge is 0.306 e. The molecule has 0 aromatic rings. The summed E-state index contributed by atoms with van der Waals surface area (Å²) in [4.78, 5) is 38.3. The molecule has 0 fully saturated rings. The molecular weight excluding hydrogens is 913 g/mol. The molecule has 0 aliphatic heterocycles. The lowest BCUT2D eigenvalue weighted by Crippen LogP contribution is -2.30. The highest BCUT2D eigenvalue weighted by molar-refractivity contribution is 5.71. The molecule has 0 aromatic heterocycles. The van der Waals surface area contributed by atoms with E-state index in [4.69, 9.17) is 14.2 Å². The van der Waals surface area contributed by atoms with Gasteiger partial charge >= 0.3 is 17.9 Å². The van der Waals surface area contributed by atoms with Crippen molar-refractivity contribution in [3.8, 4) is 0 Å². The first-order valence-corrected chi connectivity index (χ1v) is 32.3. The fraction of sp³-hybridized carbons (Fsp3) is 0.809. The summed E-state index contributed by atoms with van der Waals surface area (Å²) in [5, 5.41) is 0. The van der Waals surface area contributed by atoms with E-state index in [1.54, 1.807) is 0 Å². The Labute approximate surface area is 460 Å². The van der Waals surface area contributed by atoms with Crippen LogP contribution in [-0.4, -0.2) is 37.2 Å². The number of hydrogen-bond donors (Lipinski definition) is 0. The van der Waals surface area contributed by atoms with E-state index in [1.165, 1.54) is 205 Å². The van der Waals surface area contributed by atoms with Crippen molar-refractivity contribution in [2.24, 2.45) is 0 Å². The summed E-state index contributed by atoms with van der Waals surface area (Å²) in [5.41, 5.74) is 0. The summed E-state index contributed by atoms with van der Waals surface area (Å²) < 4.78 is 16.9. The Morgan fingerprint density at radius 2 is 0.527 bits per heavy atom. The molecule has 74 heavy (non-hydrogen) atoms. The van der Waals surface area contributed by atoms with E-state index in [0.29, 0.717) is 19.3 Å². The van der Waals surface area contributed by atoms with E-state index in [0.717, 1.165) is 89.9 Å². The van der Waals surface area contributed by atoms with Crippen LogP contribution in [0.5, 0.6) is 0 Å². The van der Waals surface area contributed by atoms with Crippen LogP contribution in [0.3, 0.4) is 0 Å². The van der Waals surface area contributed by atoms with Crippen molar-refractivity contribution in [1.29, 1.82) is 0 Å². The van der Waals surface area contributed by atoms with Crippen molar-refractivity contribution in [1.82, 2.24) is 0 Å². The van der Waals surface area contributed by atoms with E-state index in [9.17, 15) is 14.4 Å². The number of rotatable bonds is 59. The van der Waals surface area contributed by atoms with Crippen molar-refractivity contribution in [3.05, 3.63) is 60.8 Å². The van der Waals surface area contributed by atoms with E-state index < -0.39 is 6.10 Å². The lowest BCUT2D eigenvalue weighted by molar-refractivity contribution is -0.167. The number of carbonyl (C=O) groups excluding carboxylic acids is 3. The Hall–Kier alpha value is -2.89. The molecule has 0 amide bonds. The molecule has 0 heterocycles. The minimum absolute atomic E-state index is 0.0748. The second-order valence-corrected chi connectivity index (χ2v) is 21.6. The molecule has 0 saturated carbocycles. The fourth-order valence-corrected chi connectivity index (χ4v) is 9.43. The first-order chi connectivity index (χ1) is 36.5. The maximum atomic E-state index is 12.9. The van der Waals surface area contributed by atoms with Gasteiger partial charge in [0.15, 0.2) is 6.10 Å².